The molecule has 0 aliphatic heterocycles. The van der Waals surface area contributed by atoms with Crippen LogP contribution >= 0.6 is 0 Å². The van der Waals surface area contributed by atoms with Crippen LogP contribution < -0.4 is 3.40 Å². The molecule has 1 aromatic heterocycles. The molecule has 0 radical (unpaired) electrons. The van der Waals surface area contributed by atoms with Gasteiger partial charge in [0.2, 0.25) is 0 Å². The summed E-state index contributed by atoms with van der Waals surface area (Å²) in [6.45, 7) is 2.01. The van der Waals surface area contributed by atoms with E-state index in [2.05, 4.69) is 16.0 Å². The molecule has 2 rings (SSSR count). The first-order valence-electron chi connectivity index (χ1n) is 4.42. The summed E-state index contributed by atoms with van der Waals surface area (Å²) < 4.78 is 1.18. The second kappa shape index (κ2) is 4.14. The zero-order chi connectivity index (χ0) is 9.97. The molecule has 0 N–H and O–H groups in total. The molecule has 0 aliphatic rings. The molecule has 0 unspecified atom stereocenters. The molecule has 14 heavy (non-hydrogen) atoms. The minimum absolute atomic E-state index is 0.768. The Hall–Kier alpha value is -0.817. The van der Waals surface area contributed by atoms with Crippen LogP contribution in [0.1, 0.15) is 5.69 Å². The standard InChI is InChI=1S/C11H9N2.Bi.2H/c1-9-7-8-12-11(13-9)10-5-3-2-4-6-10;;;/h2-7H,1H3;;;. The van der Waals surface area contributed by atoms with Crippen molar-refractivity contribution in [2.75, 3.05) is 0 Å². The van der Waals surface area contributed by atoms with E-state index >= 15 is 0 Å². The molecule has 0 atom stereocenters. The average Bonchev–Trinajstić information content (AvgIpc) is 2.18. The third-order valence-corrected chi connectivity index (χ3v) is 3.06. The predicted molar refractivity (Wildman–Crippen MR) is 60.4 cm³/mol. The van der Waals surface area contributed by atoms with Gasteiger partial charge in [0.05, 0.1) is 0 Å². The molecule has 1 aromatic carbocycles. The van der Waals surface area contributed by atoms with Gasteiger partial charge < -0.3 is 0 Å². The summed E-state index contributed by atoms with van der Waals surface area (Å²) in [5, 5.41) is 0. The quantitative estimate of drug-likeness (QED) is 0.682. The molecule has 0 saturated heterocycles. The van der Waals surface area contributed by atoms with Crippen LogP contribution in [0.5, 0.6) is 0 Å². The van der Waals surface area contributed by atoms with Gasteiger partial charge in [0.1, 0.15) is 0 Å². The van der Waals surface area contributed by atoms with Gasteiger partial charge in [-0.2, -0.15) is 0 Å². The summed E-state index contributed by atoms with van der Waals surface area (Å²) >= 11 is 0.768. The van der Waals surface area contributed by atoms with Gasteiger partial charge >= 0.3 is 98.5 Å². The van der Waals surface area contributed by atoms with Crippen molar-refractivity contribution in [2.45, 2.75) is 6.92 Å². The molecular formula is C11H11BiN2. The molecule has 2 aromatic rings. The van der Waals surface area contributed by atoms with Crippen molar-refractivity contribution in [3.8, 4) is 11.4 Å². The van der Waals surface area contributed by atoms with Crippen molar-refractivity contribution in [3.63, 3.8) is 0 Å². The van der Waals surface area contributed by atoms with Crippen molar-refractivity contribution < 1.29 is 0 Å². The minimum atomic E-state index is 0.768. The van der Waals surface area contributed by atoms with Gasteiger partial charge in [-0.3, -0.25) is 0 Å². The van der Waals surface area contributed by atoms with Crippen LogP contribution in [0.3, 0.4) is 0 Å². The van der Waals surface area contributed by atoms with Crippen molar-refractivity contribution in [1.82, 2.24) is 9.97 Å². The number of nitrogens with zero attached hydrogens (tertiary/aromatic N) is 2. The number of benzene rings is 1. The van der Waals surface area contributed by atoms with Crippen LogP contribution in [0.4, 0.5) is 0 Å². The van der Waals surface area contributed by atoms with Crippen molar-refractivity contribution in [1.29, 1.82) is 0 Å². The molecule has 0 spiro atoms. The molecule has 0 fully saturated rings. The number of hydrogen-bond acceptors (Lipinski definition) is 2. The summed E-state index contributed by atoms with van der Waals surface area (Å²) in [6.07, 6.45) is 0. The molecule has 2 nitrogen and oxygen atoms in total. The van der Waals surface area contributed by atoms with Crippen molar-refractivity contribution in [2.24, 2.45) is 0 Å². The van der Waals surface area contributed by atoms with E-state index < -0.39 is 0 Å². The summed E-state index contributed by atoms with van der Waals surface area (Å²) in [5.74, 6) is 0.850. The van der Waals surface area contributed by atoms with E-state index in [4.69, 9.17) is 0 Å². The van der Waals surface area contributed by atoms with E-state index in [1.54, 1.807) is 0 Å². The van der Waals surface area contributed by atoms with Gasteiger partial charge in [-0.15, -0.1) is 0 Å². The molecule has 0 saturated carbocycles. The van der Waals surface area contributed by atoms with Crippen LogP contribution in [0.25, 0.3) is 11.4 Å². The Morgan fingerprint density at radius 3 is 2.43 bits per heavy atom. The average molecular weight is 380 g/mol. The Labute approximate surface area is 98.3 Å². The zero-order valence-electron chi connectivity index (χ0n) is 7.94. The topological polar surface area (TPSA) is 25.8 Å². The van der Waals surface area contributed by atoms with Crippen molar-refractivity contribution in [3.05, 3.63) is 42.1 Å². The second-order valence-electron chi connectivity index (χ2n) is 3.12. The van der Waals surface area contributed by atoms with E-state index in [-0.39, 0.29) is 0 Å². The van der Waals surface area contributed by atoms with E-state index in [0.29, 0.717) is 0 Å². The third-order valence-electron chi connectivity index (χ3n) is 1.91. The molecule has 1 heterocycles. The monoisotopic (exact) mass is 380 g/mol. The van der Waals surface area contributed by atoms with Crippen LogP contribution in [-0.2, 0) is 0 Å². The fraction of sp³-hybridized carbons (Fsp3) is 0.0909. The SMILES string of the molecule is Cc1c[c]([BiH2])nc(-c2ccccc2)n1. The van der Waals surface area contributed by atoms with E-state index in [9.17, 15) is 0 Å². The molecule has 0 amide bonds. The van der Waals surface area contributed by atoms with Crippen LogP contribution in [-0.4, -0.2) is 34.7 Å². The van der Waals surface area contributed by atoms with Crippen molar-refractivity contribution >= 4 is 28.1 Å². The number of aryl methyl sites for hydroxylation is 1. The van der Waals surface area contributed by atoms with Gasteiger partial charge in [0.25, 0.3) is 0 Å². The summed E-state index contributed by atoms with van der Waals surface area (Å²) in [5.41, 5.74) is 2.15. The third kappa shape index (κ3) is 2.16. The summed E-state index contributed by atoms with van der Waals surface area (Å²) in [6, 6.07) is 12.2. The number of rotatable bonds is 1. The Kier molecular flexibility index (Phi) is 2.88. The molecule has 70 valence electrons. The molecule has 3 heteroatoms. The summed E-state index contributed by atoms with van der Waals surface area (Å²) in [4.78, 5) is 8.89. The maximum atomic E-state index is 4.47. The maximum absolute atomic E-state index is 4.47. The van der Waals surface area contributed by atoms with Gasteiger partial charge in [0.15, 0.2) is 0 Å². The van der Waals surface area contributed by atoms with Gasteiger partial charge in [-0.05, 0) is 0 Å². The normalized spacial score (nSPS) is 10.1. The first kappa shape index (κ1) is 9.73. The molecule has 0 aliphatic carbocycles. The fourth-order valence-electron chi connectivity index (χ4n) is 1.31. The van der Waals surface area contributed by atoms with Gasteiger partial charge in [-0.1, -0.05) is 0 Å². The fourth-order valence-corrected chi connectivity index (χ4v) is 2.72. The number of aromatic nitrogens is 2. The van der Waals surface area contributed by atoms with E-state index in [1.165, 1.54) is 3.40 Å². The van der Waals surface area contributed by atoms with E-state index in [1.807, 2.05) is 37.3 Å². The van der Waals surface area contributed by atoms with Crippen LogP contribution in [0, 0.1) is 6.92 Å². The van der Waals surface area contributed by atoms with Gasteiger partial charge in [-0.25, -0.2) is 0 Å². The Morgan fingerprint density at radius 1 is 1.07 bits per heavy atom. The Balaban J connectivity index is 2.52. The summed E-state index contributed by atoms with van der Waals surface area (Å²) in [7, 11) is 0. The Morgan fingerprint density at radius 2 is 1.79 bits per heavy atom. The predicted octanol–water partition coefficient (Wildman–Crippen LogP) is 0.710. The number of hydrogen-bond donors (Lipinski definition) is 0. The zero-order valence-corrected chi connectivity index (χ0v) is 12.4. The first-order chi connectivity index (χ1) is 6.75. The first-order valence-corrected chi connectivity index (χ1v) is 6.67. The van der Waals surface area contributed by atoms with Crippen LogP contribution in [0.2, 0.25) is 0 Å². The Bertz CT molecular complexity index is 420. The molecule has 0 bridgehead atoms. The van der Waals surface area contributed by atoms with E-state index in [0.717, 1.165) is 41.8 Å². The molecular weight excluding hydrogens is 369 g/mol. The van der Waals surface area contributed by atoms with Crippen LogP contribution in [0.15, 0.2) is 36.4 Å². The van der Waals surface area contributed by atoms with Gasteiger partial charge in [0, 0.05) is 0 Å². The second-order valence-corrected chi connectivity index (χ2v) is 5.42.